The van der Waals surface area contributed by atoms with E-state index in [4.69, 9.17) is 14.2 Å². The van der Waals surface area contributed by atoms with Crippen LogP contribution in [0, 0.1) is 27.7 Å². The number of aromatic nitrogens is 2. The van der Waals surface area contributed by atoms with Crippen LogP contribution in [0.25, 0.3) is 20.4 Å². The molecular formula is C28H30N4O7S2. The molecule has 0 radical (unpaired) electrons. The van der Waals surface area contributed by atoms with Gasteiger partial charge in [-0.1, -0.05) is 34.8 Å². The number of benzene rings is 2. The highest BCUT2D eigenvalue weighted by molar-refractivity contribution is 7.17. The molecule has 11 nitrogen and oxygen atoms in total. The molecule has 2 amide bonds. The Kier molecular flexibility index (Phi) is 9.31. The maximum absolute atomic E-state index is 12.7. The average molecular weight is 599 g/mol. The van der Waals surface area contributed by atoms with Crippen LogP contribution in [0.4, 0.5) is 0 Å². The smallest absolute Gasteiger partial charge is 0.325 e. The molecule has 0 spiro atoms. The van der Waals surface area contributed by atoms with E-state index in [1.54, 1.807) is 9.13 Å². The van der Waals surface area contributed by atoms with E-state index in [0.717, 1.165) is 42.7 Å². The van der Waals surface area contributed by atoms with E-state index < -0.39 is 37.0 Å². The van der Waals surface area contributed by atoms with Crippen molar-refractivity contribution in [3.8, 4) is 0 Å². The SMILES string of the molecule is COC(=O)Cn1c(=NC(=O)COCC(=O)N=c2sc3c(C)cc(C)cc3n2CC(=O)OC)sc2c(C)cc(C)cc21. The number of ether oxygens (including phenoxy) is 3. The quantitative estimate of drug-likeness (QED) is 0.285. The first-order chi connectivity index (χ1) is 19.5. The Morgan fingerprint density at radius 1 is 0.683 bits per heavy atom. The second-order valence-corrected chi connectivity index (χ2v) is 11.4. The largest absolute Gasteiger partial charge is 0.468 e. The molecule has 0 aliphatic rings. The third kappa shape index (κ3) is 6.87. The fourth-order valence-corrected chi connectivity index (χ4v) is 6.59. The standard InChI is InChI=1S/C28H30N4O7S2/c1-15-7-17(3)25-19(9-15)31(11-23(35)37-5)27(40-25)29-21(33)13-39-14-22(34)30-28-32(12-24(36)38-6)20-10-16(2)8-18(4)26(20)41-28/h7-10H,11-14H2,1-6H3. The van der Waals surface area contributed by atoms with Crippen molar-refractivity contribution in [2.75, 3.05) is 27.4 Å². The molecule has 0 aliphatic carbocycles. The van der Waals surface area contributed by atoms with Gasteiger partial charge >= 0.3 is 11.9 Å². The van der Waals surface area contributed by atoms with Gasteiger partial charge in [0.15, 0.2) is 9.60 Å². The number of esters is 2. The Balaban J connectivity index is 1.55. The number of nitrogens with zero attached hydrogens (tertiary/aromatic N) is 4. The molecule has 0 unspecified atom stereocenters. The molecule has 4 rings (SSSR count). The van der Waals surface area contributed by atoms with E-state index in [0.29, 0.717) is 9.60 Å². The normalized spacial score (nSPS) is 12.3. The summed E-state index contributed by atoms with van der Waals surface area (Å²) in [5, 5.41) is 0. The van der Waals surface area contributed by atoms with Crippen molar-refractivity contribution >= 4 is 66.9 Å². The average Bonchev–Trinajstić information content (AvgIpc) is 3.41. The molecule has 0 saturated heterocycles. The number of thiazole rings is 2. The Labute approximate surface area is 243 Å². The first-order valence-electron chi connectivity index (χ1n) is 12.6. The first kappa shape index (κ1) is 30.0. The van der Waals surface area contributed by atoms with Gasteiger partial charge in [-0.25, -0.2) is 0 Å². The number of carbonyl (C=O) groups is 4. The monoisotopic (exact) mass is 598 g/mol. The van der Waals surface area contributed by atoms with Crippen molar-refractivity contribution in [1.29, 1.82) is 0 Å². The van der Waals surface area contributed by atoms with Crippen molar-refractivity contribution < 1.29 is 33.4 Å². The highest BCUT2D eigenvalue weighted by atomic mass is 32.1. The second-order valence-electron chi connectivity index (χ2n) is 9.46. The molecule has 0 saturated carbocycles. The van der Waals surface area contributed by atoms with Crippen LogP contribution in [-0.4, -0.2) is 60.3 Å². The summed E-state index contributed by atoms with van der Waals surface area (Å²) in [6.07, 6.45) is 0. The minimum atomic E-state index is -0.619. The zero-order chi connectivity index (χ0) is 29.8. The van der Waals surface area contributed by atoms with Gasteiger partial charge in [0.1, 0.15) is 26.3 Å². The lowest BCUT2D eigenvalue weighted by atomic mass is 10.1. The number of carbonyl (C=O) groups excluding carboxylic acids is 4. The van der Waals surface area contributed by atoms with Gasteiger partial charge in [0.25, 0.3) is 11.8 Å². The molecule has 2 aromatic carbocycles. The van der Waals surface area contributed by atoms with Crippen LogP contribution >= 0.6 is 22.7 Å². The summed E-state index contributed by atoms with van der Waals surface area (Å²) in [6.45, 7) is 6.66. The van der Waals surface area contributed by atoms with E-state index >= 15 is 0 Å². The fraction of sp³-hybridized carbons (Fsp3) is 0.357. The third-order valence-electron chi connectivity index (χ3n) is 6.15. The zero-order valence-corrected chi connectivity index (χ0v) is 25.2. The Morgan fingerprint density at radius 3 is 1.44 bits per heavy atom. The van der Waals surface area contributed by atoms with E-state index in [-0.39, 0.29) is 13.1 Å². The fourth-order valence-electron chi connectivity index (χ4n) is 4.39. The van der Waals surface area contributed by atoms with Gasteiger partial charge in [-0.05, 0) is 62.1 Å². The lowest BCUT2D eigenvalue weighted by Gasteiger charge is -2.05. The van der Waals surface area contributed by atoms with E-state index in [1.165, 1.54) is 36.9 Å². The topological polar surface area (TPSA) is 131 Å². The van der Waals surface area contributed by atoms with Gasteiger partial charge in [0.05, 0.1) is 34.7 Å². The molecule has 41 heavy (non-hydrogen) atoms. The van der Waals surface area contributed by atoms with Crippen molar-refractivity contribution in [3.63, 3.8) is 0 Å². The maximum Gasteiger partial charge on any atom is 0.325 e. The van der Waals surface area contributed by atoms with Crippen LogP contribution in [0.2, 0.25) is 0 Å². The maximum atomic E-state index is 12.7. The van der Waals surface area contributed by atoms with Crippen LogP contribution in [0.15, 0.2) is 34.3 Å². The summed E-state index contributed by atoms with van der Waals surface area (Å²) in [7, 11) is 2.59. The molecule has 0 bridgehead atoms. The molecule has 216 valence electrons. The molecule has 4 aromatic rings. The highest BCUT2D eigenvalue weighted by Crippen LogP contribution is 2.24. The molecule has 2 aromatic heterocycles. The predicted molar refractivity (Wildman–Crippen MR) is 155 cm³/mol. The van der Waals surface area contributed by atoms with Crippen LogP contribution in [0.3, 0.4) is 0 Å². The summed E-state index contributed by atoms with van der Waals surface area (Å²) < 4.78 is 20.0. The number of hydrogen-bond donors (Lipinski definition) is 0. The van der Waals surface area contributed by atoms with Crippen LogP contribution in [-0.2, 0) is 46.5 Å². The van der Waals surface area contributed by atoms with Crippen LogP contribution in [0.1, 0.15) is 22.3 Å². The molecule has 0 N–H and O–H groups in total. The van der Waals surface area contributed by atoms with E-state index in [9.17, 15) is 19.2 Å². The van der Waals surface area contributed by atoms with Gasteiger partial charge in [-0.2, -0.15) is 9.98 Å². The van der Waals surface area contributed by atoms with E-state index in [2.05, 4.69) is 9.98 Å². The Morgan fingerprint density at radius 2 is 1.07 bits per heavy atom. The summed E-state index contributed by atoms with van der Waals surface area (Å²) in [5.74, 6) is -2.19. The molecular weight excluding hydrogens is 568 g/mol. The minimum absolute atomic E-state index is 0.108. The molecule has 0 fully saturated rings. The van der Waals surface area contributed by atoms with Crippen molar-refractivity contribution in [1.82, 2.24) is 9.13 Å². The van der Waals surface area contributed by atoms with Gasteiger partial charge in [0.2, 0.25) is 0 Å². The lowest BCUT2D eigenvalue weighted by molar-refractivity contribution is -0.142. The molecule has 2 heterocycles. The Hall–Kier alpha value is -3.94. The molecule has 0 aliphatic heterocycles. The summed E-state index contributed by atoms with van der Waals surface area (Å²) in [6, 6.07) is 7.87. The lowest BCUT2D eigenvalue weighted by Crippen LogP contribution is -2.24. The number of rotatable bonds is 8. The van der Waals surface area contributed by atoms with Crippen LogP contribution < -0.4 is 9.60 Å². The number of amides is 2. The Bertz CT molecular complexity index is 1690. The van der Waals surface area contributed by atoms with Crippen LogP contribution in [0.5, 0.6) is 0 Å². The van der Waals surface area contributed by atoms with E-state index in [1.807, 2.05) is 52.0 Å². The summed E-state index contributed by atoms with van der Waals surface area (Å²) >= 11 is 2.56. The molecule has 13 heteroatoms. The van der Waals surface area contributed by atoms with Gasteiger partial charge in [0, 0.05) is 0 Å². The first-order valence-corrected chi connectivity index (χ1v) is 14.2. The number of fused-ring (bicyclic) bond motifs is 2. The highest BCUT2D eigenvalue weighted by Gasteiger charge is 2.16. The number of methoxy groups -OCH3 is 2. The number of aryl methyl sites for hydroxylation is 4. The molecule has 0 atom stereocenters. The third-order valence-corrected chi connectivity index (χ3v) is 8.61. The second kappa shape index (κ2) is 12.7. The van der Waals surface area contributed by atoms with Gasteiger partial charge in [-0.3, -0.25) is 19.2 Å². The number of hydrogen-bond acceptors (Lipinski definition) is 9. The van der Waals surface area contributed by atoms with Crippen molar-refractivity contribution in [3.05, 3.63) is 56.1 Å². The summed E-state index contributed by atoms with van der Waals surface area (Å²) in [4.78, 5) is 58.4. The minimum Gasteiger partial charge on any atom is -0.468 e. The van der Waals surface area contributed by atoms with Gasteiger partial charge in [-0.15, -0.1) is 0 Å². The van der Waals surface area contributed by atoms with Crippen molar-refractivity contribution in [2.24, 2.45) is 9.98 Å². The predicted octanol–water partition coefficient (Wildman–Crippen LogP) is 2.87. The summed E-state index contributed by atoms with van der Waals surface area (Å²) in [5.41, 5.74) is 5.55. The zero-order valence-electron chi connectivity index (χ0n) is 23.6. The van der Waals surface area contributed by atoms with Crippen molar-refractivity contribution in [2.45, 2.75) is 40.8 Å². The van der Waals surface area contributed by atoms with Gasteiger partial charge < -0.3 is 23.3 Å².